The number of nitrogens with zero attached hydrogens (tertiary/aromatic N) is 3. The summed E-state index contributed by atoms with van der Waals surface area (Å²) in [5, 5.41) is 8.67. The van der Waals surface area contributed by atoms with Crippen molar-refractivity contribution in [1.29, 1.82) is 5.26 Å². The molecule has 1 heterocycles. The molecule has 1 aromatic heterocycles. The summed E-state index contributed by atoms with van der Waals surface area (Å²) in [7, 11) is 0. The fourth-order valence-electron chi connectivity index (χ4n) is 1.40. The highest BCUT2D eigenvalue weighted by Crippen LogP contribution is 2.11. The van der Waals surface area contributed by atoms with E-state index < -0.39 is 0 Å². The predicted octanol–water partition coefficient (Wildman–Crippen LogP) is 1.20. The molecule has 0 spiro atoms. The lowest BCUT2D eigenvalue weighted by molar-refractivity contribution is 0.910. The molecule has 0 amide bonds. The Labute approximate surface area is 87.6 Å². The Kier molecular flexibility index (Phi) is 2.48. The van der Waals surface area contributed by atoms with E-state index >= 15 is 0 Å². The molecule has 74 valence electrons. The monoisotopic (exact) mass is 198 g/mol. The molecule has 2 aromatic rings. The first-order chi connectivity index (χ1) is 7.35. The van der Waals surface area contributed by atoms with Crippen LogP contribution in [0.1, 0.15) is 11.3 Å². The third kappa shape index (κ3) is 1.73. The SMILES string of the molecule is N#Cc1ccc(-n2cncc2CN)cc1. The molecule has 0 radical (unpaired) electrons. The van der Waals surface area contributed by atoms with Crippen molar-refractivity contribution >= 4 is 0 Å². The number of hydrogen-bond donors (Lipinski definition) is 1. The highest BCUT2D eigenvalue weighted by molar-refractivity contribution is 5.40. The van der Waals surface area contributed by atoms with Crippen molar-refractivity contribution in [1.82, 2.24) is 9.55 Å². The van der Waals surface area contributed by atoms with Crippen LogP contribution in [0, 0.1) is 11.3 Å². The zero-order valence-corrected chi connectivity index (χ0v) is 8.09. The molecule has 0 atom stereocenters. The van der Waals surface area contributed by atoms with Crippen molar-refractivity contribution in [3.8, 4) is 11.8 Å². The molecular formula is C11H10N4. The molecule has 0 bridgehead atoms. The van der Waals surface area contributed by atoms with Crippen molar-refractivity contribution in [2.24, 2.45) is 5.73 Å². The lowest BCUT2D eigenvalue weighted by Gasteiger charge is -2.05. The summed E-state index contributed by atoms with van der Waals surface area (Å²) in [5.41, 5.74) is 8.13. The minimum atomic E-state index is 0.444. The van der Waals surface area contributed by atoms with Gasteiger partial charge in [-0.2, -0.15) is 5.26 Å². The first-order valence-corrected chi connectivity index (χ1v) is 4.57. The van der Waals surface area contributed by atoms with Crippen LogP contribution in [0.25, 0.3) is 5.69 Å². The maximum atomic E-state index is 8.67. The van der Waals surface area contributed by atoms with Gasteiger partial charge in [0.05, 0.1) is 23.7 Å². The normalized spacial score (nSPS) is 9.87. The van der Waals surface area contributed by atoms with Crippen LogP contribution in [0.5, 0.6) is 0 Å². The Morgan fingerprint density at radius 3 is 2.67 bits per heavy atom. The minimum absolute atomic E-state index is 0.444. The van der Waals surface area contributed by atoms with Crippen molar-refractivity contribution < 1.29 is 0 Å². The van der Waals surface area contributed by atoms with Gasteiger partial charge in [-0.15, -0.1) is 0 Å². The van der Waals surface area contributed by atoms with Crippen LogP contribution in [-0.2, 0) is 6.54 Å². The van der Waals surface area contributed by atoms with E-state index in [0.717, 1.165) is 11.4 Å². The van der Waals surface area contributed by atoms with Gasteiger partial charge in [-0.25, -0.2) is 4.98 Å². The van der Waals surface area contributed by atoms with Crippen LogP contribution in [0.3, 0.4) is 0 Å². The maximum Gasteiger partial charge on any atom is 0.0994 e. The number of rotatable bonds is 2. The van der Waals surface area contributed by atoms with Gasteiger partial charge in [-0.05, 0) is 24.3 Å². The minimum Gasteiger partial charge on any atom is -0.325 e. The van der Waals surface area contributed by atoms with Gasteiger partial charge >= 0.3 is 0 Å². The largest absolute Gasteiger partial charge is 0.325 e. The second-order valence-electron chi connectivity index (χ2n) is 3.12. The molecule has 0 unspecified atom stereocenters. The maximum absolute atomic E-state index is 8.67. The molecule has 2 rings (SSSR count). The Balaban J connectivity index is 2.42. The molecule has 0 aliphatic carbocycles. The van der Waals surface area contributed by atoms with Crippen LogP contribution in [0.4, 0.5) is 0 Å². The van der Waals surface area contributed by atoms with Crippen molar-refractivity contribution in [2.45, 2.75) is 6.54 Å². The molecule has 0 aliphatic heterocycles. The quantitative estimate of drug-likeness (QED) is 0.788. The van der Waals surface area contributed by atoms with Crippen molar-refractivity contribution in [3.63, 3.8) is 0 Å². The standard InChI is InChI=1S/C11H10N4/c12-5-9-1-3-10(4-2-9)15-8-14-7-11(15)6-13/h1-4,7-8H,6,13H2. The summed E-state index contributed by atoms with van der Waals surface area (Å²) in [6, 6.07) is 9.37. The fourth-order valence-corrected chi connectivity index (χ4v) is 1.40. The smallest absolute Gasteiger partial charge is 0.0994 e. The van der Waals surface area contributed by atoms with Gasteiger partial charge < -0.3 is 10.3 Å². The zero-order valence-electron chi connectivity index (χ0n) is 8.09. The Morgan fingerprint density at radius 2 is 2.07 bits per heavy atom. The lowest BCUT2D eigenvalue weighted by atomic mass is 10.2. The molecule has 2 N–H and O–H groups in total. The number of nitriles is 1. The van der Waals surface area contributed by atoms with Gasteiger partial charge in [0.2, 0.25) is 0 Å². The van der Waals surface area contributed by atoms with Gasteiger partial charge in [-0.3, -0.25) is 0 Å². The van der Waals surface area contributed by atoms with Crippen LogP contribution in [-0.4, -0.2) is 9.55 Å². The molecule has 0 saturated carbocycles. The third-order valence-corrected chi connectivity index (χ3v) is 2.20. The van der Waals surface area contributed by atoms with Gasteiger partial charge in [0.25, 0.3) is 0 Å². The Morgan fingerprint density at radius 1 is 1.33 bits per heavy atom. The predicted molar refractivity (Wildman–Crippen MR) is 56.2 cm³/mol. The van der Waals surface area contributed by atoms with E-state index in [9.17, 15) is 0 Å². The molecular weight excluding hydrogens is 188 g/mol. The fraction of sp³-hybridized carbons (Fsp3) is 0.0909. The number of imidazole rings is 1. The van der Waals surface area contributed by atoms with Gasteiger partial charge in [0.1, 0.15) is 0 Å². The summed E-state index contributed by atoms with van der Waals surface area (Å²) in [6.45, 7) is 0.444. The average molecular weight is 198 g/mol. The molecule has 15 heavy (non-hydrogen) atoms. The highest BCUT2D eigenvalue weighted by Gasteiger charge is 2.01. The van der Waals surface area contributed by atoms with Crippen LogP contribution < -0.4 is 5.73 Å². The first kappa shape index (κ1) is 9.44. The van der Waals surface area contributed by atoms with Crippen LogP contribution in [0.2, 0.25) is 0 Å². The molecule has 0 fully saturated rings. The summed E-state index contributed by atoms with van der Waals surface area (Å²) < 4.78 is 1.90. The topological polar surface area (TPSA) is 67.6 Å². The molecule has 0 saturated heterocycles. The summed E-state index contributed by atoms with van der Waals surface area (Å²) in [4.78, 5) is 4.03. The summed E-state index contributed by atoms with van der Waals surface area (Å²) in [6.07, 6.45) is 3.45. The number of aromatic nitrogens is 2. The summed E-state index contributed by atoms with van der Waals surface area (Å²) >= 11 is 0. The lowest BCUT2D eigenvalue weighted by Crippen LogP contribution is -2.04. The molecule has 4 nitrogen and oxygen atoms in total. The van der Waals surface area contributed by atoms with Gasteiger partial charge in [0, 0.05) is 18.4 Å². The highest BCUT2D eigenvalue weighted by atomic mass is 15.1. The molecule has 1 aromatic carbocycles. The molecule has 0 aliphatic rings. The van der Waals surface area contributed by atoms with E-state index in [1.54, 1.807) is 24.7 Å². The first-order valence-electron chi connectivity index (χ1n) is 4.57. The Bertz CT molecular complexity index is 490. The van der Waals surface area contributed by atoms with Crippen LogP contribution in [0.15, 0.2) is 36.8 Å². The Hall–Kier alpha value is -2.12. The number of benzene rings is 1. The number of nitrogens with two attached hydrogens (primary N) is 1. The van der Waals surface area contributed by atoms with E-state index in [0.29, 0.717) is 12.1 Å². The van der Waals surface area contributed by atoms with Gasteiger partial charge in [-0.1, -0.05) is 0 Å². The molecule has 4 heteroatoms. The second-order valence-corrected chi connectivity index (χ2v) is 3.12. The van der Waals surface area contributed by atoms with E-state index in [2.05, 4.69) is 11.1 Å². The van der Waals surface area contributed by atoms with E-state index in [1.165, 1.54) is 0 Å². The average Bonchev–Trinajstić information content (AvgIpc) is 2.77. The van der Waals surface area contributed by atoms with E-state index in [-0.39, 0.29) is 0 Å². The second kappa shape index (κ2) is 3.95. The third-order valence-electron chi connectivity index (χ3n) is 2.20. The van der Waals surface area contributed by atoms with E-state index in [1.807, 2.05) is 16.7 Å². The van der Waals surface area contributed by atoms with Crippen molar-refractivity contribution in [2.75, 3.05) is 0 Å². The van der Waals surface area contributed by atoms with Gasteiger partial charge in [0.15, 0.2) is 0 Å². The van der Waals surface area contributed by atoms with E-state index in [4.69, 9.17) is 11.0 Å². The van der Waals surface area contributed by atoms with Crippen molar-refractivity contribution in [3.05, 3.63) is 48.0 Å². The number of hydrogen-bond acceptors (Lipinski definition) is 3. The zero-order chi connectivity index (χ0) is 10.7. The summed E-state index contributed by atoms with van der Waals surface area (Å²) in [5.74, 6) is 0. The van der Waals surface area contributed by atoms with Crippen LogP contribution >= 0.6 is 0 Å².